The van der Waals surface area contributed by atoms with E-state index in [2.05, 4.69) is 5.32 Å². The van der Waals surface area contributed by atoms with E-state index in [1.165, 1.54) is 12.8 Å². The second kappa shape index (κ2) is 8.17. The molecule has 1 amide bonds. The van der Waals surface area contributed by atoms with Crippen molar-refractivity contribution in [3.8, 4) is 0 Å². The molecule has 1 aliphatic rings. The second-order valence-electron chi connectivity index (χ2n) is 7.38. The van der Waals surface area contributed by atoms with Crippen LogP contribution in [-0.2, 0) is 10.4 Å². The van der Waals surface area contributed by atoms with Gasteiger partial charge in [0.05, 0.1) is 0 Å². The van der Waals surface area contributed by atoms with Gasteiger partial charge >= 0.3 is 0 Å². The summed E-state index contributed by atoms with van der Waals surface area (Å²) >= 11 is 0. The first kappa shape index (κ1) is 19.0. The Kier molecular flexibility index (Phi) is 6.47. The number of furan rings is 1. The molecule has 2 heterocycles. The normalized spacial score (nSPS) is 19.6. The van der Waals surface area contributed by atoms with Crippen LogP contribution in [0, 0.1) is 13.8 Å². The van der Waals surface area contributed by atoms with E-state index in [9.17, 15) is 9.90 Å². The zero-order valence-corrected chi connectivity index (χ0v) is 15.5. The third kappa shape index (κ3) is 5.08. The largest absolute Gasteiger partial charge is 0.466 e. The molecule has 2 atom stereocenters. The number of nitrogens with one attached hydrogen (secondary N) is 1. The minimum absolute atomic E-state index is 0.0283. The fourth-order valence-corrected chi connectivity index (χ4v) is 3.42. The molecule has 0 aromatic carbocycles. The third-order valence-electron chi connectivity index (χ3n) is 4.86. The molecule has 0 bridgehead atoms. The van der Waals surface area contributed by atoms with E-state index in [-0.39, 0.29) is 11.9 Å². The Morgan fingerprint density at radius 2 is 1.96 bits per heavy atom. The number of likely N-dealkylation sites (tertiary alicyclic amines) is 1. The first-order valence-corrected chi connectivity index (χ1v) is 9.10. The van der Waals surface area contributed by atoms with Gasteiger partial charge in [0.15, 0.2) is 0 Å². The molecule has 1 aliphatic heterocycles. The van der Waals surface area contributed by atoms with Crippen molar-refractivity contribution in [1.82, 2.24) is 10.2 Å². The summed E-state index contributed by atoms with van der Waals surface area (Å²) in [5.41, 5.74) is -0.208. The lowest BCUT2D eigenvalue weighted by molar-refractivity contribution is -0.131. The van der Waals surface area contributed by atoms with Crippen molar-refractivity contribution in [2.24, 2.45) is 0 Å². The zero-order valence-electron chi connectivity index (χ0n) is 15.5. The summed E-state index contributed by atoms with van der Waals surface area (Å²) in [4.78, 5) is 14.4. The van der Waals surface area contributed by atoms with Crippen LogP contribution in [0.5, 0.6) is 0 Å². The van der Waals surface area contributed by atoms with Crippen molar-refractivity contribution in [2.75, 3.05) is 19.6 Å². The maximum atomic E-state index is 12.4. The van der Waals surface area contributed by atoms with E-state index in [1.807, 2.05) is 31.7 Å². The van der Waals surface area contributed by atoms with Gasteiger partial charge in [-0.3, -0.25) is 4.79 Å². The molecule has 2 rings (SSSR count). The predicted molar refractivity (Wildman–Crippen MR) is 94.9 cm³/mol. The van der Waals surface area contributed by atoms with Crippen molar-refractivity contribution in [2.45, 2.75) is 71.4 Å². The summed E-state index contributed by atoms with van der Waals surface area (Å²) in [6, 6.07) is 1.91. The first-order chi connectivity index (χ1) is 11.3. The van der Waals surface area contributed by atoms with Crippen molar-refractivity contribution < 1.29 is 14.3 Å². The summed E-state index contributed by atoms with van der Waals surface area (Å²) in [5.74, 6) is 1.76. The van der Waals surface area contributed by atoms with Gasteiger partial charge in [0.25, 0.3) is 0 Å². The summed E-state index contributed by atoms with van der Waals surface area (Å²) in [6.07, 6.45) is 5.15. The van der Waals surface area contributed by atoms with Crippen molar-refractivity contribution in [3.05, 3.63) is 23.2 Å². The van der Waals surface area contributed by atoms with Crippen LogP contribution in [0.2, 0.25) is 0 Å². The van der Waals surface area contributed by atoms with Crippen molar-refractivity contribution in [3.63, 3.8) is 0 Å². The number of rotatable bonds is 6. The average molecular weight is 336 g/mol. The van der Waals surface area contributed by atoms with Gasteiger partial charge in [-0.25, -0.2) is 0 Å². The molecule has 5 nitrogen and oxygen atoms in total. The third-order valence-corrected chi connectivity index (χ3v) is 4.86. The Balaban J connectivity index is 1.84. The quantitative estimate of drug-likeness (QED) is 0.838. The molecule has 0 saturated carbocycles. The SMILES string of the molecule is Cc1cc(C(C)(O)CNC(C)CC(=O)N2CCCCCC2)c(C)o1. The number of aryl methyl sites for hydroxylation is 2. The second-order valence-corrected chi connectivity index (χ2v) is 7.38. The van der Waals surface area contributed by atoms with Gasteiger partial charge in [-0.15, -0.1) is 0 Å². The molecular formula is C19H32N2O3. The first-order valence-electron chi connectivity index (χ1n) is 9.10. The predicted octanol–water partition coefficient (Wildman–Crippen LogP) is 2.87. The van der Waals surface area contributed by atoms with Gasteiger partial charge in [-0.2, -0.15) is 0 Å². The maximum absolute atomic E-state index is 12.4. The number of carbonyl (C=O) groups excluding carboxylic acids is 1. The Bertz CT molecular complexity index is 543. The van der Waals surface area contributed by atoms with Crippen LogP contribution in [0.1, 0.15) is 63.0 Å². The smallest absolute Gasteiger partial charge is 0.224 e. The number of amides is 1. The highest BCUT2D eigenvalue weighted by Crippen LogP contribution is 2.26. The van der Waals surface area contributed by atoms with Gasteiger partial charge < -0.3 is 19.7 Å². The minimum atomic E-state index is -1.01. The van der Waals surface area contributed by atoms with Gasteiger partial charge in [-0.1, -0.05) is 12.8 Å². The van der Waals surface area contributed by atoms with Crippen molar-refractivity contribution in [1.29, 1.82) is 0 Å². The Labute approximate surface area is 145 Å². The number of aliphatic hydroxyl groups is 1. The lowest BCUT2D eigenvalue weighted by Crippen LogP contribution is -2.42. The van der Waals surface area contributed by atoms with Gasteiger partial charge in [0, 0.05) is 37.7 Å². The molecule has 0 radical (unpaired) electrons. The molecule has 5 heteroatoms. The highest BCUT2D eigenvalue weighted by molar-refractivity contribution is 5.76. The number of hydrogen-bond donors (Lipinski definition) is 2. The molecular weight excluding hydrogens is 304 g/mol. The van der Waals surface area contributed by atoms with Crippen molar-refractivity contribution >= 4 is 5.91 Å². The summed E-state index contributed by atoms with van der Waals surface area (Å²) in [5, 5.41) is 14.0. The summed E-state index contributed by atoms with van der Waals surface area (Å²) < 4.78 is 5.51. The van der Waals surface area contributed by atoms with E-state index in [1.54, 1.807) is 6.92 Å². The highest BCUT2D eigenvalue weighted by Gasteiger charge is 2.28. The molecule has 1 aromatic heterocycles. The fraction of sp³-hybridized carbons (Fsp3) is 0.737. The molecule has 1 aromatic rings. The molecule has 24 heavy (non-hydrogen) atoms. The van der Waals surface area contributed by atoms with Crippen LogP contribution in [0.4, 0.5) is 0 Å². The van der Waals surface area contributed by atoms with E-state index in [0.29, 0.717) is 13.0 Å². The van der Waals surface area contributed by atoms with Gasteiger partial charge in [0.2, 0.25) is 5.91 Å². The number of carbonyl (C=O) groups is 1. The van der Waals surface area contributed by atoms with Gasteiger partial charge in [-0.05, 0) is 46.6 Å². The van der Waals surface area contributed by atoms with Crippen LogP contribution >= 0.6 is 0 Å². The Hall–Kier alpha value is -1.33. The summed E-state index contributed by atoms with van der Waals surface area (Å²) in [6.45, 7) is 9.68. The topological polar surface area (TPSA) is 65.7 Å². The monoisotopic (exact) mass is 336 g/mol. The molecule has 1 saturated heterocycles. The molecule has 1 fully saturated rings. The van der Waals surface area contributed by atoms with Crippen LogP contribution in [-0.4, -0.2) is 41.6 Å². The number of hydrogen-bond acceptors (Lipinski definition) is 4. The van der Waals surface area contributed by atoms with E-state index in [4.69, 9.17) is 4.42 Å². The van der Waals surface area contributed by atoms with Crippen LogP contribution in [0.15, 0.2) is 10.5 Å². The van der Waals surface area contributed by atoms with Crippen LogP contribution < -0.4 is 5.32 Å². The molecule has 0 spiro atoms. The number of nitrogens with zero attached hydrogens (tertiary/aromatic N) is 1. The highest BCUT2D eigenvalue weighted by atomic mass is 16.3. The zero-order chi connectivity index (χ0) is 17.7. The van der Waals surface area contributed by atoms with E-state index in [0.717, 1.165) is 43.0 Å². The van der Waals surface area contributed by atoms with E-state index < -0.39 is 5.60 Å². The lowest BCUT2D eigenvalue weighted by Gasteiger charge is -2.27. The standard InChI is InChI=1S/C19H32N2O3/c1-14(11-18(22)21-9-7-5-6-8-10-21)20-13-19(4,23)17-12-15(2)24-16(17)3/h12,14,20,23H,5-11,13H2,1-4H3. The summed E-state index contributed by atoms with van der Waals surface area (Å²) in [7, 11) is 0. The molecule has 0 aliphatic carbocycles. The minimum Gasteiger partial charge on any atom is -0.466 e. The molecule has 136 valence electrons. The maximum Gasteiger partial charge on any atom is 0.224 e. The van der Waals surface area contributed by atoms with Gasteiger partial charge in [0.1, 0.15) is 17.1 Å². The Morgan fingerprint density at radius 1 is 1.33 bits per heavy atom. The Morgan fingerprint density at radius 3 is 2.50 bits per heavy atom. The van der Waals surface area contributed by atoms with Crippen LogP contribution in [0.3, 0.4) is 0 Å². The van der Waals surface area contributed by atoms with E-state index >= 15 is 0 Å². The molecule has 2 N–H and O–H groups in total. The van der Waals surface area contributed by atoms with Crippen LogP contribution in [0.25, 0.3) is 0 Å². The lowest BCUT2D eigenvalue weighted by atomic mass is 9.95. The average Bonchev–Trinajstić information content (AvgIpc) is 2.73. The fourth-order valence-electron chi connectivity index (χ4n) is 3.42. The molecule has 2 unspecified atom stereocenters.